The summed E-state index contributed by atoms with van der Waals surface area (Å²) in [6.07, 6.45) is 0. The molecule has 1 heterocycles. The molecule has 0 spiro atoms. The van der Waals surface area contributed by atoms with Crippen molar-refractivity contribution in [2.45, 2.75) is 18.1 Å². The SMILES string of the molecule is COCC(C)NC(=O)CSc1nnc(-c2ccccc2Cl)n1-c1ccccc1F. The van der Waals surface area contributed by atoms with Crippen molar-refractivity contribution in [1.29, 1.82) is 0 Å². The van der Waals surface area contributed by atoms with Crippen LogP contribution in [0.15, 0.2) is 53.7 Å². The fourth-order valence-electron chi connectivity index (χ4n) is 2.77. The van der Waals surface area contributed by atoms with Crippen LogP contribution in [0.1, 0.15) is 6.92 Å². The number of benzene rings is 2. The first kappa shape index (κ1) is 21.3. The van der Waals surface area contributed by atoms with Crippen molar-refractivity contribution in [3.63, 3.8) is 0 Å². The lowest BCUT2D eigenvalue weighted by molar-refractivity contribution is -0.119. The largest absolute Gasteiger partial charge is 0.383 e. The summed E-state index contributed by atoms with van der Waals surface area (Å²) < 4.78 is 21.2. The van der Waals surface area contributed by atoms with Crippen LogP contribution in [0.2, 0.25) is 5.02 Å². The van der Waals surface area contributed by atoms with E-state index in [1.807, 2.05) is 13.0 Å². The van der Waals surface area contributed by atoms with E-state index in [1.165, 1.54) is 17.8 Å². The number of nitrogens with zero attached hydrogens (tertiary/aromatic N) is 3. The fourth-order valence-corrected chi connectivity index (χ4v) is 3.75. The molecule has 2 aromatic carbocycles. The summed E-state index contributed by atoms with van der Waals surface area (Å²) in [6.45, 7) is 2.27. The Labute approximate surface area is 177 Å². The molecule has 0 radical (unpaired) electrons. The Balaban J connectivity index is 1.93. The quantitative estimate of drug-likeness (QED) is 0.543. The lowest BCUT2D eigenvalue weighted by Gasteiger charge is -2.13. The number of ether oxygens (including phenoxy) is 1. The van der Waals surface area contributed by atoms with Crippen LogP contribution in [-0.4, -0.2) is 46.2 Å². The van der Waals surface area contributed by atoms with Crippen LogP contribution >= 0.6 is 23.4 Å². The smallest absolute Gasteiger partial charge is 0.230 e. The van der Waals surface area contributed by atoms with Gasteiger partial charge in [-0.1, -0.05) is 47.6 Å². The van der Waals surface area contributed by atoms with E-state index in [0.29, 0.717) is 28.2 Å². The van der Waals surface area contributed by atoms with Gasteiger partial charge < -0.3 is 10.1 Å². The van der Waals surface area contributed by atoms with Crippen LogP contribution in [-0.2, 0) is 9.53 Å². The van der Waals surface area contributed by atoms with Crippen LogP contribution in [0.3, 0.4) is 0 Å². The first-order valence-corrected chi connectivity index (χ1v) is 10.2. The fraction of sp³-hybridized carbons (Fsp3) is 0.250. The van der Waals surface area contributed by atoms with Gasteiger partial charge in [-0.15, -0.1) is 10.2 Å². The van der Waals surface area contributed by atoms with Gasteiger partial charge in [-0.25, -0.2) is 4.39 Å². The highest BCUT2D eigenvalue weighted by atomic mass is 35.5. The molecule has 0 aliphatic carbocycles. The standard InChI is InChI=1S/C20H20ClFN4O2S/c1-13(11-28-2)23-18(27)12-29-20-25-24-19(14-7-3-4-8-15(14)21)26(20)17-10-6-5-9-16(17)22/h3-10,13H,11-12H2,1-2H3,(H,23,27). The number of thioether (sulfide) groups is 1. The van der Waals surface area contributed by atoms with Gasteiger partial charge in [-0.3, -0.25) is 9.36 Å². The van der Waals surface area contributed by atoms with E-state index in [-0.39, 0.29) is 23.4 Å². The maximum absolute atomic E-state index is 14.6. The molecule has 1 unspecified atom stereocenters. The Morgan fingerprint density at radius 3 is 2.69 bits per heavy atom. The molecule has 1 atom stereocenters. The van der Waals surface area contributed by atoms with Gasteiger partial charge in [0.05, 0.1) is 23.1 Å². The number of para-hydroxylation sites is 1. The van der Waals surface area contributed by atoms with Gasteiger partial charge in [0.1, 0.15) is 5.82 Å². The van der Waals surface area contributed by atoms with Crippen LogP contribution in [0.25, 0.3) is 17.1 Å². The molecule has 0 aliphatic rings. The number of hydrogen-bond donors (Lipinski definition) is 1. The van der Waals surface area contributed by atoms with E-state index in [4.69, 9.17) is 16.3 Å². The minimum Gasteiger partial charge on any atom is -0.383 e. The Hall–Kier alpha value is -2.42. The van der Waals surface area contributed by atoms with Gasteiger partial charge in [0, 0.05) is 18.7 Å². The molecule has 0 bridgehead atoms. The first-order valence-electron chi connectivity index (χ1n) is 8.87. The molecule has 0 fully saturated rings. The number of carbonyl (C=O) groups excluding carboxylic acids is 1. The molecule has 6 nitrogen and oxygen atoms in total. The van der Waals surface area contributed by atoms with E-state index in [0.717, 1.165) is 0 Å². The number of amides is 1. The Bertz CT molecular complexity index is 998. The number of rotatable bonds is 8. The summed E-state index contributed by atoms with van der Waals surface area (Å²) in [7, 11) is 1.57. The first-order chi connectivity index (χ1) is 14.0. The summed E-state index contributed by atoms with van der Waals surface area (Å²) in [5.74, 6) is -0.109. The summed E-state index contributed by atoms with van der Waals surface area (Å²) >= 11 is 7.49. The van der Waals surface area contributed by atoms with E-state index in [9.17, 15) is 9.18 Å². The van der Waals surface area contributed by atoms with E-state index >= 15 is 0 Å². The molecule has 1 aromatic heterocycles. The van der Waals surface area contributed by atoms with E-state index in [1.54, 1.807) is 48.1 Å². The second-order valence-corrected chi connectivity index (χ2v) is 7.64. The molecular formula is C20H20ClFN4O2S. The van der Waals surface area contributed by atoms with Gasteiger partial charge in [-0.2, -0.15) is 0 Å². The third-order valence-electron chi connectivity index (χ3n) is 4.00. The molecule has 0 saturated carbocycles. The van der Waals surface area contributed by atoms with E-state index < -0.39 is 5.82 Å². The molecular weight excluding hydrogens is 415 g/mol. The van der Waals surface area contributed by atoms with Crippen molar-refractivity contribution in [2.24, 2.45) is 0 Å². The third kappa shape index (κ3) is 5.14. The molecule has 9 heteroatoms. The summed E-state index contributed by atoms with van der Waals surface area (Å²) in [5.41, 5.74) is 0.901. The van der Waals surface area contributed by atoms with Crippen molar-refractivity contribution >= 4 is 29.3 Å². The highest BCUT2D eigenvalue weighted by molar-refractivity contribution is 7.99. The minimum absolute atomic E-state index is 0.100. The number of carbonyl (C=O) groups is 1. The second-order valence-electron chi connectivity index (χ2n) is 6.29. The zero-order valence-electron chi connectivity index (χ0n) is 15.9. The zero-order chi connectivity index (χ0) is 20.8. The Morgan fingerprint density at radius 2 is 1.97 bits per heavy atom. The average molecular weight is 435 g/mol. The maximum Gasteiger partial charge on any atom is 0.230 e. The highest BCUT2D eigenvalue weighted by Gasteiger charge is 2.21. The van der Waals surface area contributed by atoms with Crippen molar-refractivity contribution in [1.82, 2.24) is 20.1 Å². The Morgan fingerprint density at radius 1 is 1.24 bits per heavy atom. The maximum atomic E-state index is 14.6. The highest BCUT2D eigenvalue weighted by Crippen LogP contribution is 2.32. The molecule has 3 rings (SSSR count). The number of nitrogens with one attached hydrogen (secondary N) is 1. The van der Waals surface area contributed by atoms with Crippen molar-refractivity contribution in [3.05, 3.63) is 59.4 Å². The molecule has 29 heavy (non-hydrogen) atoms. The number of hydrogen-bond acceptors (Lipinski definition) is 5. The predicted molar refractivity (Wildman–Crippen MR) is 112 cm³/mol. The van der Waals surface area contributed by atoms with Crippen molar-refractivity contribution < 1.29 is 13.9 Å². The summed E-state index contributed by atoms with van der Waals surface area (Å²) in [6, 6.07) is 13.3. The van der Waals surface area contributed by atoms with Gasteiger partial charge in [-0.05, 0) is 31.2 Å². The molecule has 3 aromatic rings. The third-order valence-corrected chi connectivity index (χ3v) is 5.26. The number of halogens is 2. The predicted octanol–water partition coefficient (Wildman–Crippen LogP) is 3.97. The lowest BCUT2D eigenvalue weighted by atomic mass is 10.2. The number of methoxy groups -OCH3 is 1. The van der Waals surface area contributed by atoms with Crippen LogP contribution in [0.4, 0.5) is 4.39 Å². The Kier molecular flexibility index (Phi) is 7.24. The summed E-state index contributed by atoms with van der Waals surface area (Å²) in [4.78, 5) is 12.2. The number of aromatic nitrogens is 3. The molecule has 152 valence electrons. The minimum atomic E-state index is -0.430. The van der Waals surface area contributed by atoms with Crippen LogP contribution in [0, 0.1) is 5.82 Å². The van der Waals surface area contributed by atoms with Gasteiger partial charge in [0.25, 0.3) is 0 Å². The van der Waals surface area contributed by atoms with Gasteiger partial charge >= 0.3 is 0 Å². The molecule has 1 amide bonds. The molecule has 0 aliphatic heterocycles. The van der Waals surface area contributed by atoms with Crippen LogP contribution in [0.5, 0.6) is 0 Å². The topological polar surface area (TPSA) is 69.0 Å². The summed E-state index contributed by atoms with van der Waals surface area (Å²) in [5, 5.41) is 12.1. The van der Waals surface area contributed by atoms with Crippen molar-refractivity contribution in [2.75, 3.05) is 19.5 Å². The molecule has 1 N–H and O–H groups in total. The second kappa shape index (κ2) is 9.87. The molecule has 0 saturated heterocycles. The van der Waals surface area contributed by atoms with Crippen LogP contribution < -0.4 is 5.32 Å². The normalized spacial score (nSPS) is 12.0. The average Bonchev–Trinajstić information content (AvgIpc) is 3.10. The zero-order valence-corrected chi connectivity index (χ0v) is 17.5. The lowest BCUT2D eigenvalue weighted by Crippen LogP contribution is -2.36. The van der Waals surface area contributed by atoms with Gasteiger partial charge in [0.2, 0.25) is 5.91 Å². The van der Waals surface area contributed by atoms with Gasteiger partial charge in [0.15, 0.2) is 11.0 Å². The van der Waals surface area contributed by atoms with E-state index in [2.05, 4.69) is 15.5 Å². The monoisotopic (exact) mass is 434 g/mol. The van der Waals surface area contributed by atoms with Crippen molar-refractivity contribution in [3.8, 4) is 17.1 Å².